The number of rotatable bonds is 3. The molecule has 1 aromatic heterocycles. The molecule has 154 valence electrons. The number of morpholine rings is 1. The molecule has 7 heteroatoms. The average Bonchev–Trinajstić information content (AvgIpc) is 2.75. The van der Waals surface area contributed by atoms with Gasteiger partial charge in [-0.3, -0.25) is 4.79 Å². The highest BCUT2D eigenvalue weighted by Crippen LogP contribution is 2.52. The number of hydrogen-bond acceptors (Lipinski definition) is 4. The number of anilines is 2. The topological polar surface area (TPSA) is 54.5 Å². The van der Waals surface area contributed by atoms with Crippen LogP contribution in [0, 0.1) is 0 Å². The molecular formula is C22H25Cl2N3O2. The van der Waals surface area contributed by atoms with Crippen LogP contribution in [0.5, 0.6) is 0 Å². The van der Waals surface area contributed by atoms with Crippen molar-refractivity contribution >= 4 is 41.4 Å². The lowest BCUT2D eigenvalue weighted by Gasteiger charge is -2.40. The van der Waals surface area contributed by atoms with Crippen LogP contribution in [0.25, 0.3) is 0 Å². The maximum Gasteiger partial charge on any atom is 0.255 e. The van der Waals surface area contributed by atoms with Crippen molar-refractivity contribution < 1.29 is 9.53 Å². The van der Waals surface area contributed by atoms with E-state index in [1.807, 2.05) is 29.2 Å². The molecule has 0 atom stereocenters. The van der Waals surface area contributed by atoms with Crippen LogP contribution in [0.1, 0.15) is 59.0 Å². The van der Waals surface area contributed by atoms with Crippen LogP contribution in [0.4, 0.5) is 11.5 Å². The zero-order chi connectivity index (χ0) is 19.1. The smallest absolute Gasteiger partial charge is 0.255 e. The van der Waals surface area contributed by atoms with Crippen molar-refractivity contribution in [2.45, 2.75) is 37.5 Å². The van der Waals surface area contributed by atoms with Crippen molar-refractivity contribution in [2.75, 3.05) is 31.6 Å². The lowest BCUT2D eigenvalue weighted by atomic mass is 9.66. The fourth-order valence-corrected chi connectivity index (χ4v) is 5.16. The van der Waals surface area contributed by atoms with E-state index in [0.29, 0.717) is 43.2 Å². The summed E-state index contributed by atoms with van der Waals surface area (Å²) >= 11 is 6.15. The van der Waals surface area contributed by atoms with Gasteiger partial charge >= 0.3 is 0 Å². The van der Waals surface area contributed by atoms with Crippen molar-refractivity contribution in [3.63, 3.8) is 0 Å². The number of aromatic nitrogens is 1. The van der Waals surface area contributed by atoms with Crippen LogP contribution in [-0.2, 0) is 4.74 Å². The molecule has 0 spiro atoms. The Bertz CT molecular complexity index is 907. The van der Waals surface area contributed by atoms with Crippen LogP contribution < -0.4 is 5.32 Å². The minimum Gasteiger partial charge on any atom is -0.378 e. The van der Waals surface area contributed by atoms with Crippen molar-refractivity contribution in [3.8, 4) is 0 Å². The number of pyridine rings is 1. The van der Waals surface area contributed by atoms with Gasteiger partial charge in [-0.2, -0.15) is 0 Å². The van der Waals surface area contributed by atoms with Crippen LogP contribution >= 0.6 is 24.0 Å². The van der Waals surface area contributed by atoms with Gasteiger partial charge in [0.2, 0.25) is 0 Å². The molecule has 1 saturated heterocycles. The number of nitrogens with one attached hydrogen (secondary N) is 1. The molecule has 2 fully saturated rings. The molecule has 2 heterocycles. The molecule has 29 heavy (non-hydrogen) atoms. The Labute approximate surface area is 182 Å². The SMILES string of the molecule is Cl.O=C(c1cnc(Nc2cccc(Cl)c2)c2c1C1CCC2CC1)N1CCOCC1. The third kappa shape index (κ3) is 3.83. The normalized spacial score (nSPS) is 22.6. The third-order valence-electron chi connectivity index (χ3n) is 6.32. The Morgan fingerprint density at radius 2 is 1.79 bits per heavy atom. The molecule has 3 aliphatic carbocycles. The van der Waals surface area contributed by atoms with Gasteiger partial charge in [-0.1, -0.05) is 17.7 Å². The number of amides is 1. The van der Waals surface area contributed by atoms with Gasteiger partial charge in [-0.05, 0) is 61.3 Å². The number of halogens is 2. The lowest BCUT2D eigenvalue weighted by molar-refractivity contribution is 0.0301. The maximum absolute atomic E-state index is 13.3. The van der Waals surface area contributed by atoms with Crippen LogP contribution in [0.2, 0.25) is 5.02 Å². The van der Waals surface area contributed by atoms with Gasteiger partial charge in [-0.15, -0.1) is 12.4 Å². The Hall–Kier alpha value is -1.82. The van der Waals surface area contributed by atoms with Gasteiger partial charge < -0.3 is 15.0 Å². The zero-order valence-electron chi connectivity index (χ0n) is 16.2. The second-order valence-electron chi connectivity index (χ2n) is 7.94. The number of fused-ring (bicyclic) bond motifs is 2. The van der Waals surface area contributed by atoms with E-state index in [-0.39, 0.29) is 18.3 Å². The Morgan fingerprint density at radius 1 is 1.10 bits per heavy atom. The predicted molar refractivity (Wildman–Crippen MR) is 117 cm³/mol. The highest BCUT2D eigenvalue weighted by atomic mass is 35.5. The minimum atomic E-state index is 0. The summed E-state index contributed by atoms with van der Waals surface area (Å²) in [5, 5.41) is 4.16. The van der Waals surface area contributed by atoms with Gasteiger partial charge in [0.05, 0.1) is 18.8 Å². The molecular weight excluding hydrogens is 409 g/mol. The number of ether oxygens (including phenoxy) is 1. The van der Waals surface area contributed by atoms with E-state index in [1.165, 1.54) is 36.8 Å². The van der Waals surface area contributed by atoms with E-state index in [2.05, 4.69) is 5.32 Å². The van der Waals surface area contributed by atoms with Crippen molar-refractivity contribution in [3.05, 3.63) is 52.2 Å². The van der Waals surface area contributed by atoms with Gasteiger partial charge in [0.15, 0.2) is 0 Å². The molecule has 2 aromatic rings. The molecule has 1 N–H and O–H groups in total. The van der Waals surface area contributed by atoms with Gasteiger partial charge in [0, 0.05) is 35.6 Å². The molecule has 5 nitrogen and oxygen atoms in total. The average molecular weight is 434 g/mol. The summed E-state index contributed by atoms with van der Waals surface area (Å²) in [5.41, 5.74) is 4.21. The Morgan fingerprint density at radius 3 is 2.48 bits per heavy atom. The van der Waals surface area contributed by atoms with E-state index in [0.717, 1.165) is 17.1 Å². The minimum absolute atomic E-state index is 0. The number of carbonyl (C=O) groups is 1. The first-order chi connectivity index (χ1) is 13.7. The zero-order valence-corrected chi connectivity index (χ0v) is 17.8. The molecule has 1 aliphatic heterocycles. The van der Waals surface area contributed by atoms with Crippen LogP contribution in [0.15, 0.2) is 30.5 Å². The first-order valence-corrected chi connectivity index (χ1v) is 10.5. The fraction of sp³-hybridized carbons (Fsp3) is 0.455. The molecule has 2 bridgehead atoms. The number of nitrogens with zero attached hydrogens (tertiary/aromatic N) is 2. The van der Waals surface area contributed by atoms with Gasteiger partial charge in [0.1, 0.15) is 5.82 Å². The number of hydrogen-bond donors (Lipinski definition) is 1. The molecule has 6 rings (SSSR count). The first-order valence-electron chi connectivity index (χ1n) is 10.1. The largest absolute Gasteiger partial charge is 0.378 e. The van der Waals surface area contributed by atoms with E-state index in [4.69, 9.17) is 21.3 Å². The summed E-state index contributed by atoms with van der Waals surface area (Å²) < 4.78 is 5.41. The van der Waals surface area contributed by atoms with Gasteiger partial charge in [-0.25, -0.2) is 4.98 Å². The summed E-state index contributed by atoms with van der Waals surface area (Å²) in [4.78, 5) is 19.9. The molecule has 0 radical (unpaired) electrons. The molecule has 4 aliphatic rings. The van der Waals surface area contributed by atoms with E-state index in [9.17, 15) is 4.79 Å². The Kier molecular flexibility index (Phi) is 6.00. The summed E-state index contributed by atoms with van der Waals surface area (Å²) in [7, 11) is 0. The highest BCUT2D eigenvalue weighted by molar-refractivity contribution is 6.30. The van der Waals surface area contributed by atoms with Crippen molar-refractivity contribution in [1.82, 2.24) is 9.88 Å². The summed E-state index contributed by atoms with van der Waals surface area (Å²) in [6.07, 6.45) is 6.48. The standard InChI is InChI=1S/C22H24ClN3O2.ClH/c23-16-2-1-3-17(12-16)25-21-20-15-6-4-14(5-7-15)19(20)18(13-24-21)22(27)26-8-10-28-11-9-26;/h1-3,12-15H,4-11H2,(H,24,25);1H. The quantitative estimate of drug-likeness (QED) is 0.728. The van der Waals surface area contributed by atoms with E-state index in [1.54, 1.807) is 6.20 Å². The molecule has 0 unspecified atom stereocenters. The summed E-state index contributed by atoms with van der Waals surface area (Å²) in [6.45, 7) is 2.54. The number of benzene rings is 1. The second kappa shape index (κ2) is 8.50. The first kappa shape index (κ1) is 20.5. The highest BCUT2D eigenvalue weighted by Gasteiger charge is 2.39. The van der Waals surface area contributed by atoms with Gasteiger partial charge in [0.25, 0.3) is 5.91 Å². The Balaban J connectivity index is 0.00000205. The number of carbonyl (C=O) groups excluding carboxylic acids is 1. The second-order valence-corrected chi connectivity index (χ2v) is 8.37. The molecule has 1 aromatic carbocycles. The summed E-state index contributed by atoms with van der Waals surface area (Å²) in [6, 6.07) is 7.69. The molecule has 1 saturated carbocycles. The fourth-order valence-electron chi connectivity index (χ4n) is 4.97. The van der Waals surface area contributed by atoms with Crippen molar-refractivity contribution in [1.29, 1.82) is 0 Å². The third-order valence-corrected chi connectivity index (χ3v) is 6.55. The van der Waals surface area contributed by atoms with E-state index < -0.39 is 0 Å². The van der Waals surface area contributed by atoms with E-state index >= 15 is 0 Å². The maximum atomic E-state index is 13.3. The monoisotopic (exact) mass is 433 g/mol. The predicted octanol–water partition coefficient (Wildman–Crippen LogP) is 5.13. The van der Waals surface area contributed by atoms with Crippen molar-refractivity contribution in [2.24, 2.45) is 0 Å². The summed E-state index contributed by atoms with van der Waals surface area (Å²) in [5.74, 6) is 1.92. The van der Waals surface area contributed by atoms with Crippen LogP contribution in [0.3, 0.4) is 0 Å². The lowest BCUT2D eigenvalue weighted by Crippen LogP contribution is -2.41. The van der Waals surface area contributed by atoms with Crippen LogP contribution in [-0.4, -0.2) is 42.1 Å². The molecule has 1 amide bonds.